The molecule has 4 heterocycles. The molecule has 4 rings (SSSR count). The van der Waals surface area contributed by atoms with Crippen LogP contribution >= 0.6 is 11.3 Å². The maximum absolute atomic E-state index is 12.8. The lowest BCUT2D eigenvalue weighted by Gasteiger charge is -2.23. The molecule has 25 heavy (non-hydrogen) atoms. The summed E-state index contributed by atoms with van der Waals surface area (Å²) in [5.41, 5.74) is 3.05. The molecule has 2 aromatic heterocycles. The Hall–Kier alpha value is -1.76. The van der Waals surface area contributed by atoms with Crippen LogP contribution in [0.1, 0.15) is 21.5 Å². The smallest absolute Gasteiger partial charge is 0.255 e. The maximum atomic E-state index is 12.8. The monoisotopic (exact) mass is 357 g/mol. The van der Waals surface area contributed by atoms with Crippen molar-refractivity contribution in [3.8, 4) is 0 Å². The minimum atomic E-state index is 0.0669. The summed E-state index contributed by atoms with van der Waals surface area (Å²) in [5.74, 6) is 0.445. The molecule has 1 amide bonds. The van der Waals surface area contributed by atoms with Crippen LogP contribution in [0.4, 0.5) is 0 Å². The van der Waals surface area contributed by atoms with E-state index in [1.54, 1.807) is 23.7 Å². The molecule has 2 atom stereocenters. The molecule has 2 aliphatic heterocycles. The van der Waals surface area contributed by atoms with Gasteiger partial charge in [-0.05, 0) is 40.9 Å². The quantitative estimate of drug-likeness (QED) is 0.846. The van der Waals surface area contributed by atoms with Gasteiger partial charge in [-0.1, -0.05) is 0 Å². The Morgan fingerprint density at radius 2 is 2.28 bits per heavy atom. The average Bonchev–Trinajstić information content (AvgIpc) is 3.21. The highest BCUT2D eigenvalue weighted by molar-refractivity contribution is 7.07. The van der Waals surface area contributed by atoms with Gasteiger partial charge < -0.3 is 9.64 Å². The molecule has 0 aromatic carbocycles. The van der Waals surface area contributed by atoms with E-state index in [2.05, 4.69) is 26.7 Å². The predicted octanol–water partition coefficient (Wildman–Crippen LogP) is 2.42. The number of fused-ring (bicyclic) bond motifs is 1. The Labute approximate surface area is 152 Å². The van der Waals surface area contributed by atoms with Crippen molar-refractivity contribution in [3.05, 3.63) is 52.0 Å². The van der Waals surface area contributed by atoms with E-state index in [0.717, 1.165) is 38.3 Å². The van der Waals surface area contributed by atoms with Gasteiger partial charge in [0.05, 0.1) is 18.3 Å². The fourth-order valence-corrected chi connectivity index (χ4v) is 4.43. The van der Waals surface area contributed by atoms with Crippen molar-refractivity contribution < 1.29 is 9.53 Å². The Morgan fingerprint density at radius 1 is 1.36 bits per heavy atom. The van der Waals surface area contributed by atoms with Crippen LogP contribution in [0, 0.1) is 12.8 Å². The fourth-order valence-electron chi connectivity index (χ4n) is 3.77. The van der Waals surface area contributed by atoms with Gasteiger partial charge in [0.2, 0.25) is 0 Å². The first kappa shape index (κ1) is 16.7. The van der Waals surface area contributed by atoms with E-state index in [1.807, 2.05) is 17.9 Å². The Balaban J connectivity index is 1.42. The van der Waals surface area contributed by atoms with Crippen molar-refractivity contribution in [1.82, 2.24) is 14.8 Å². The first-order valence-electron chi connectivity index (χ1n) is 8.75. The molecule has 0 N–H and O–H groups in total. The third kappa shape index (κ3) is 3.76. The van der Waals surface area contributed by atoms with E-state index in [1.165, 1.54) is 5.56 Å². The number of carbonyl (C=O) groups is 1. The average molecular weight is 357 g/mol. The predicted molar refractivity (Wildman–Crippen MR) is 97.7 cm³/mol. The van der Waals surface area contributed by atoms with E-state index in [4.69, 9.17) is 4.74 Å². The van der Waals surface area contributed by atoms with E-state index in [9.17, 15) is 4.79 Å². The number of ether oxygens (including phenoxy) is 1. The number of nitrogens with zero attached hydrogens (tertiary/aromatic N) is 3. The normalized spacial score (nSPS) is 24.1. The lowest BCUT2D eigenvalue weighted by Crippen LogP contribution is -2.33. The SMILES string of the molecule is Cc1cncc(C(=O)N2C[C@H]3CN(Cc4ccsc4)CCO[C@H]3C2)c1. The van der Waals surface area contributed by atoms with Gasteiger partial charge in [-0.3, -0.25) is 14.7 Å². The third-order valence-electron chi connectivity index (χ3n) is 5.01. The Kier molecular flexibility index (Phi) is 4.83. The highest BCUT2D eigenvalue weighted by atomic mass is 32.1. The largest absolute Gasteiger partial charge is 0.375 e. The van der Waals surface area contributed by atoms with E-state index < -0.39 is 0 Å². The highest BCUT2D eigenvalue weighted by Gasteiger charge is 2.38. The number of pyridine rings is 1. The van der Waals surface area contributed by atoms with E-state index >= 15 is 0 Å². The number of thiophene rings is 1. The minimum absolute atomic E-state index is 0.0669. The van der Waals surface area contributed by atoms with Crippen molar-refractivity contribution in [3.63, 3.8) is 0 Å². The molecule has 6 heteroatoms. The van der Waals surface area contributed by atoms with Crippen LogP contribution in [0.25, 0.3) is 0 Å². The molecule has 0 bridgehead atoms. The topological polar surface area (TPSA) is 45.7 Å². The third-order valence-corrected chi connectivity index (χ3v) is 5.74. The Bertz CT molecular complexity index is 734. The number of rotatable bonds is 3. The van der Waals surface area contributed by atoms with Gasteiger partial charge in [0.25, 0.3) is 5.91 Å². The van der Waals surface area contributed by atoms with Crippen molar-refractivity contribution in [2.24, 2.45) is 5.92 Å². The molecule has 0 aliphatic carbocycles. The van der Waals surface area contributed by atoms with Gasteiger partial charge in [0.1, 0.15) is 0 Å². The van der Waals surface area contributed by atoms with Crippen molar-refractivity contribution in [1.29, 1.82) is 0 Å². The number of hydrogen-bond donors (Lipinski definition) is 0. The summed E-state index contributed by atoms with van der Waals surface area (Å²) >= 11 is 1.74. The molecule has 2 fully saturated rings. The Morgan fingerprint density at radius 3 is 3.08 bits per heavy atom. The van der Waals surface area contributed by atoms with Gasteiger partial charge in [0.15, 0.2) is 0 Å². The summed E-state index contributed by atoms with van der Waals surface area (Å²) in [7, 11) is 0. The van der Waals surface area contributed by atoms with Crippen LogP contribution in [0.15, 0.2) is 35.3 Å². The van der Waals surface area contributed by atoms with Crippen LogP contribution in [0.3, 0.4) is 0 Å². The molecule has 132 valence electrons. The number of likely N-dealkylation sites (tertiary alicyclic amines) is 1. The summed E-state index contributed by atoms with van der Waals surface area (Å²) in [6.07, 6.45) is 3.58. The molecular formula is C19H23N3O2S. The summed E-state index contributed by atoms with van der Waals surface area (Å²) in [6, 6.07) is 4.09. The lowest BCUT2D eigenvalue weighted by atomic mass is 10.1. The zero-order valence-electron chi connectivity index (χ0n) is 14.4. The first-order valence-corrected chi connectivity index (χ1v) is 9.69. The molecule has 0 spiro atoms. The van der Waals surface area contributed by atoms with Gasteiger partial charge in [-0.15, -0.1) is 0 Å². The van der Waals surface area contributed by atoms with Crippen molar-refractivity contribution in [2.75, 3.05) is 32.8 Å². The summed E-state index contributed by atoms with van der Waals surface area (Å²) < 4.78 is 6.07. The molecule has 2 aliphatic rings. The molecule has 0 radical (unpaired) electrons. The molecule has 0 saturated carbocycles. The summed E-state index contributed by atoms with van der Waals surface area (Å²) in [5, 5.41) is 4.33. The maximum Gasteiger partial charge on any atom is 0.255 e. The van der Waals surface area contributed by atoms with Crippen LogP contribution in [-0.2, 0) is 11.3 Å². The van der Waals surface area contributed by atoms with Crippen LogP contribution in [0.2, 0.25) is 0 Å². The van der Waals surface area contributed by atoms with Crippen LogP contribution in [0.5, 0.6) is 0 Å². The lowest BCUT2D eigenvalue weighted by molar-refractivity contribution is 0.0483. The molecule has 2 saturated heterocycles. The standard InChI is InChI=1S/C19H23N3O2S/c1-14-6-16(8-20-7-14)19(23)22-11-17-10-21(3-4-24-18(17)12-22)9-15-2-5-25-13-15/h2,5-8,13,17-18H,3-4,9-12H2,1H3/t17-,18+/m1/s1. The van der Waals surface area contributed by atoms with Crippen LogP contribution in [-0.4, -0.2) is 59.6 Å². The summed E-state index contributed by atoms with van der Waals surface area (Å²) in [4.78, 5) is 21.3. The molecule has 0 unspecified atom stereocenters. The zero-order valence-corrected chi connectivity index (χ0v) is 15.2. The first-order chi connectivity index (χ1) is 12.2. The number of aryl methyl sites for hydroxylation is 1. The zero-order chi connectivity index (χ0) is 17.2. The second-order valence-corrected chi connectivity index (χ2v) is 7.78. The second-order valence-electron chi connectivity index (χ2n) is 7.00. The fraction of sp³-hybridized carbons (Fsp3) is 0.474. The number of aromatic nitrogens is 1. The van der Waals surface area contributed by atoms with Crippen molar-refractivity contribution >= 4 is 17.2 Å². The minimum Gasteiger partial charge on any atom is -0.375 e. The van der Waals surface area contributed by atoms with Crippen LogP contribution < -0.4 is 0 Å². The van der Waals surface area contributed by atoms with E-state index in [-0.39, 0.29) is 12.0 Å². The van der Waals surface area contributed by atoms with Gasteiger partial charge in [0, 0.05) is 51.0 Å². The summed E-state index contributed by atoms with van der Waals surface area (Å²) in [6.45, 7) is 7.05. The van der Waals surface area contributed by atoms with Crippen molar-refractivity contribution in [2.45, 2.75) is 19.6 Å². The van der Waals surface area contributed by atoms with Gasteiger partial charge >= 0.3 is 0 Å². The highest BCUT2D eigenvalue weighted by Crippen LogP contribution is 2.26. The second kappa shape index (κ2) is 7.23. The molecular weight excluding hydrogens is 334 g/mol. The number of carbonyl (C=O) groups excluding carboxylic acids is 1. The number of amides is 1. The number of hydrogen-bond acceptors (Lipinski definition) is 5. The van der Waals surface area contributed by atoms with E-state index in [0.29, 0.717) is 18.0 Å². The van der Waals surface area contributed by atoms with Gasteiger partial charge in [-0.25, -0.2) is 0 Å². The van der Waals surface area contributed by atoms with Gasteiger partial charge in [-0.2, -0.15) is 11.3 Å². The molecule has 2 aromatic rings. The molecule has 5 nitrogen and oxygen atoms in total.